The van der Waals surface area contributed by atoms with Gasteiger partial charge in [-0.25, -0.2) is 0 Å². The van der Waals surface area contributed by atoms with Crippen molar-refractivity contribution in [3.05, 3.63) is 23.3 Å². The summed E-state index contributed by atoms with van der Waals surface area (Å²) in [6.07, 6.45) is 3.77. The van der Waals surface area contributed by atoms with Crippen molar-refractivity contribution in [1.82, 2.24) is 5.32 Å². The van der Waals surface area contributed by atoms with Crippen molar-refractivity contribution in [3.63, 3.8) is 0 Å². The molecule has 2 heterocycles. The van der Waals surface area contributed by atoms with Gasteiger partial charge in [0.25, 0.3) is 0 Å². The highest BCUT2D eigenvalue weighted by molar-refractivity contribution is 5.54. The summed E-state index contributed by atoms with van der Waals surface area (Å²) in [4.78, 5) is 0. The predicted octanol–water partition coefficient (Wildman–Crippen LogP) is 2.54. The summed E-state index contributed by atoms with van der Waals surface area (Å²) in [6.45, 7) is 3.53. The average Bonchev–Trinajstić information content (AvgIpc) is 2.81. The van der Waals surface area contributed by atoms with E-state index in [2.05, 4.69) is 24.4 Å². The van der Waals surface area contributed by atoms with Crippen molar-refractivity contribution < 1.29 is 9.47 Å². The molecule has 0 spiro atoms. The SMILES string of the molecule is Cc1ccc(C2CCCCN2)c2c1OCO2. The predicted molar refractivity (Wildman–Crippen MR) is 61.9 cm³/mol. The third-order valence-corrected chi connectivity index (χ3v) is 3.43. The number of aryl methyl sites for hydroxylation is 1. The van der Waals surface area contributed by atoms with E-state index in [9.17, 15) is 0 Å². The fourth-order valence-corrected chi connectivity index (χ4v) is 2.54. The molecule has 86 valence electrons. The van der Waals surface area contributed by atoms with Gasteiger partial charge in [-0.3, -0.25) is 0 Å². The maximum absolute atomic E-state index is 5.60. The second kappa shape index (κ2) is 3.98. The molecule has 3 rings (SSSR count). The quantitative estimate of drug-likeness (QED) is 0.787. The van der Waals surface area contributed by atoms with Crippen LogP contribution in [0.1, 0.15) is 36.4 Å². The van der Waals surface area contributed by atoms with Gasteiger partial charge in [0, 0.05) is 11.6 Å². The number of hydrogen-bond donors (Lipinski definition) is 1. The Morgan fingerprint density at radius 1 is 1.19 bits per heavy atom. The molecule has 0 radical (unpaired) electrons. The molecule has 0 saturated carbocycles. The summed E-state index contributed by atoms with van der Waals surface area (Å²) < 4.78 is 11.1. The lowest BCUT2D eigenvalue weighted by molar-refractivity contribution is 0.172. The minimum absolute atomic E-state index is 0.361. The van der Waals surface area contributed by atoms with Crippen LogP contribution in [0.15, 0.2) is 12.1 Å². The molecule has 1 saturated heterocycles. The highest BCUT2D eigenvalue weighted by Gasteiger charge is 2.25. The minimum atomic E-state index is 0.361. The van der Waals surface area contributed by atoms with Gasteiger partial charge >= 0.3 is 0 Å². The number of hydrogen-bond acceptors (Lipinski definition) is 3. The highest BCUT2D eigenvalue weighted by Crippen LogP contribution is 2.42. The van der Waals surface area contributed by atoms with Gasteiger partial charge in [0.05, 0.1) is 0 Å². The minimum Gasteiger partial charge on any atom is -0.453 e. The van der Waals surface area contributed by atoms with Crippen molar-refractivity contribution in [3.8, 4) is 11.5 Å². The third-order valence-electron chi connectivity index (χ3n) is 3.43. The van der Waals surface area contributed by atoms with Crippen LogP contribution in [0.5, 0.6) is 11.5 Å². The van der Waals surface area contributed by atoms with E-state index in [1.165, 1.54) is 24.8 Å². The van der Waals surface area contributed by atoms with E-state index in [0.29, 0.717) is 12.8 Å². The Balaban J connectivity index is 1.98. The van der Waals surface area contributed by atoms with Crippen molar-refractivity contribution >= 4 is 0 Å². The highest BCUT2D eigenvalue weighted by atomic mass is 16.7. The Morgan fingerprint density at radius 3 is 2.88 bits per heavy atom. The molecule has 1 aromatic rings. The third kappa shape index (κ3) is 1.55. The van der Waals surface area contributed by atoms with Crippen LogP contribution in [0.4, 0.5) is 0 Å². The summed E-state index contributed by atoms with van der Waals surface area (Å²) in [5, 5.41) is 3.55. The van der Waals surface area contributed by atoms with Crippen LogP contribution in [0.2, 0.25) is 0 Å². The van der Waals surface area contributed by atoms with Gasteiger partial charge < -0.3 is 14.8 Å². The van der Waals surface area contributed by atoms with Crippen molar-refractivity contribution in [2.24, 2.45) is 0 Å². The molecule has 0 aliphatic carbocycles. The normalized spacial score (nSPS) is 23.4. The summed E-state index contributed by atoms with van der Waals surface area (Å²) in [7, 11) is 0. The maximum atomic E-state index is 5.60. The van der Waals surface area contributed by atoms with E-state index in [-0.39, 0.29) is 0 Å². The molecule has 2 aliphatic rings. The number of piperidine rings is 1. The molecule has 1 aromatic carbocycles. The lowest BCUT2D eigenvalue weighted by Crippen LogP contribution is -2.26. The van der Waals surface area contributed by atoms with Crippen LogP contribution in [0.3, 0.4) is 0 Å². The van der Waals surface area contributed by atoms with Gasteiger partial charge in [-0.1, -0.05) is 18.6 Å². The van der Waals surface area contributed by atoms with Crippen LogP contribution in [-0.4, -0.2) is 13.3 Å². The first-order valence-corrected chi connectivity index (χ1v) is 5.99. The Kier molecular flexibility index (Phi) is 2.48. The molecule has 0 bridgehead atoms. The first-order chi connectivity index (χ1) is 7.86. The van der Waals surface area contributed by atoms with E-state index in [1.807, 2.05) is 0 Å². The van der Waals surface area contributed by atoms with E-state index in [1.54, 1.807) is 0 Å². The first kappa shape index (κ1) is 9.97. The fraction of sp³-hybridized carbons (Fsp3) is 0.538. The largest absolute Gasteiger partial charge is 0.453 e. The second-order valence-electron chi connectivity index (χ2n) is 4.54. The molecule has 16 heavy (non-hydrogen) atoms. The van der Waals surface area contributed by atoms with Gasteiger partial charge in [-0.05, 0) is 31.9 Å². The number of nitrogens with one attached hydrogen (secondary N) is 1. The van der Waals surface area contributed by atoms with Gasteiger partial charge in [-0.2, -0.15) is 0 Å². The Morgan fingerprint density at radius 2 is 2.06 bits per heavy atom. The molecule has 3 heteroatoms. The molecule has 1 N–H and O–H groups in total. The zero-order chi connectivity index (χ0) is 11.0. The fourth-order valence-electron chi connectivity index (χ4n) is 2.54. The lowest BCUT2D eigenvalue weighted by Gasteiger charge is -2.24. The zero-order valence-electron chi connectivity index (χ0n) is 9.58. The topological polar surface area (TPSA) is 30.5 Å². The molecule has 1 atom stereocenters. The number of rotatable bonds is 1. The lowest BCUT2D eigenvalue weighted by atomic mass is 9.95. The number of fused-ring (bicyclic) bond motifs is 1. The Bertz CT molecular complexity index is 397. The number of benzene rings is 1. The van der Waals surface area contributed by atoms with Crippen molar-refractivity contribution in [2.75, 3.05) is 13.3 Å². The Labute approximate surface area is 95.8 Å². The van der Waals surface area contributed by atoms with Crippen molar-refractivity contribution in [2.45, 2.75) is 32.2 Å². The van der Waals surface area contributed by atoms with Gasteiger partial charge in [-0.15, -0.1) is 0 Å². The molecule has 1 unspecified atom stereocenters. The maximum Gasteiger partial charge on any atom is 0.231 e. The average molecular weight is 219 g/mol. The monoisotopic (exact) mass is 219 g/mol. The first-order valence-electron chi connectivity index (χ1n) is 5.99. The van der Waals surface area contributed by atoms with E-state index >= 15 is 0 Å². The second-order valence-corrected chi connectivity index (χ2v) is 4.54. The zero-order valence-corrected chi connectivity index (χ0v) is 9.58. The molecule has 3 nitrogen and oxygen atoms in total. The molecule has 0 aromatic heterocycles. The van der Waals surface area contributed by atoms with Crippen LogP contribution in [-0.2, 0) is 0 Å². The van der Waals surface area contributed by atoms with Gasteiger partial charge in [0.2, 0.25) is 6.79 Å². The molecule has 1 fully saturated rings. The Hall–Kier alpha value is -1.22. The van der Waals surface area contributed by atoms with E-state index in [4.69, 9.17) is 9.47 Å². The van der Waals surface area contributed by atoms with Crippen LogP contribution >= 0.6 is 0 Å². The van der Waals surface area contributed by atoms with Crippen molar-refractivity contribution in [1.29, 1.82) is 0 Å². The van der Waals surface area contributed by atoms with Crippen LogP contribution in [0, 0.1) is 6.92 Å². The molecule has 2 aliphatic heterocycles. The molecule has 0 amide bonds. The van der Waals surface area contributed by atoms with Crippen LogP contribution in [0.25, 0.3) is 0 Å². The van der Waals surface area contributed by atoms with Gasteiger partial charge in [0.1, 0.15) is 0 Å². The summed E-state index contributed by atoms with van der Waals surface area (Å²) >= 11 is 0. The summed E-state index contributed by atoms with van der Waals surface area (Å²) in [5.41, 5.74) is 2.42. The molecular weight excluding hydrogens is 202 g/mol. The van der Waals surface area contributed by atoms with E-state index in [0.717, 1.165) is 23.6 Å². The number of ether oxygens (including phenoxy) is 2. The van der Waals surface area contributed by atoms with E-state index < -0.39 is 0 Å². The standard InChI is InChI=1S/C13H17NO2/c1-9-5-6-10(11-4-2-3-7-14-11)13-12(9)15-8-16-13/h5-6,11,14H,2-4,7-8H2,1H3. The summed E-state index contributed by atoms with van der Waals surface area (Å²) in [6, 6.07) is 4.73. The van der Waals surface area contributed by atoms with Gasteiger partial charge in [0.15, 0.2) is 11.5 Å². The smallest absolute Gasteiger partial charge is 0.231 e. The summed E-state index contributed by atoms with van der Waals surface area (Å²) in [5.74, 6) is 1.89. The van der Waals surface area contributed by atoms with Crippen LogP contribution < -0.4 is 14.8 Å². The molecular formula is C13H17NO2.